The largest absolute Gasteiger partial charge is 0.331 e. The van der Waals surface area contributed by atoms with Crippen molar-refractivity contribution in [2.75, 3.05) is 37.6 Å². The molecule has 2 atom stereocenters. The Hall–Kier alpha value is -2.47. The molecule has 9 nitrogen and oxygen atoms in total. The molecule has 0 radical (unpaired) electrons. The van der Waals surface area contributed by atoms with Crippen molar-refractivity contribution in [3.05, 3.63) is 47.0 Å². The standard InChI is InChI=1S/C27H35F2N7O2.2ClH/c1-5-8-27(28,29)22-10-21-24(33-32-22)26(3,4)16-36(21)23(37)15-34-12-17(2)31-11-18(34)13-35-14-20-19(25(35)38)7-6-9-30-20;;/h6-7,9-10,17-18,31H,5,8,11-16H2,1-4H3;2*1H/t17-,18-;;/m1../s1. The van der Waals surface area contributed by atoms with Gasteiger partial charge in [-0.05, 0) is 25.1 Å². The molecule has 0 bridgehead atoms. The first-order valence-corrected chi connectivity index (χ1v) is 13.3. The summed E-state index contributed by atoms with van der Waals surface area (Å²) in [7, 11) is 0. The zero-order valence-electron chi connectivity index (χ0n) is 23.2. The summed E-state index contributed by atoms with van der Waals surface area (Å²) >= 11 is 0. The molecule has 0 saturated carbocycles. The highest BCUT2D eigenvalue weighted by Gasteiger charge is 2.44. The maximum atomic E-state index is 14.7. The SMILES string of the molecule is CCCC(F)(F)c1cc2c(nn1)C(C)(C)CN2C(=O)CN1C[C@@H](C)NC[C@@H]1CN1Cc2ncccc2C1=O.Cl.Cl. The van der Waals surface area contributed by atoms with Gasteiger partial charge in [-0.3, -0.25) is 19.5 Å². The number of anilines is 1. The number of piperazine rings is 1. The van der Waals surface area contributed by atoms with Gasteiger partial charge in [-0.25, -0.2) is 0 Å². The molecule has 13 heteroatoms. The fourth-order valence-corrected chi connectivity index (χ4v) is 5.72. The molecule has 40 heavy (non-hydrogen) atoms. The number of amides is 2. The summed E-state index contributed by atoms with van der Waals surface area (Å²) in [5, 5.41) is 11.5. The van der Waals surface area contributed by atoms with Crippen LogP contribution in [0.1, 0.15) is 68.0 Å². The van der Waals surface area contributed by atoms with Crippen LogP contribution in [0.15, 0.2) is 24.4 Å². The first-order chi connectivity index (χ1) is 18.0. The van der Waals surface area contributed by atoms with E-state index in [1.807, 2.05) is 13.8 Å². The molecule has 0 aromatic carbocycles. The van der Waals surface area contributed by atoms with Gasteiger partial charge in [-0.2, -0.15) is 13.9 Å². The third-order valence-electron chi connectivity index (χ3n) is 7.74. The van der Waals surface area contributed by atoms with Crippen LogP contribution < -0.4 is 10.2 Å². The first kappa shape index (κ1) is 32.0. The van der Waals surface area contributed by atoms with Crippen LogP contribution in [0.4, 0.5) is 14.5 Å². The Bertz CT molecular complexity index is 1250. The topological polar surface area (TPSA) is 94.6 Å². The number of hydrogen-bond donors (Lipinski definition) is 1. The van der Waals surface area contributed by atoms with Crippen molar-refractivity contribution in [2.45, 2.75) is 70.5 Å². The van der Waals surface area contributed by atoms with Gasteiger partial charge in [-0.15, -0.1) is 29.9 Å². The van der Waals surface area contributed by atoms with E-state index in [9.17, 15) is 18.4 Å². The number of halogens is 4. The molecule has 0 spiro atoms. The van der Waals surface area contributed by atoms with E-state index in [0.717, 1.165) is 5.69 Å². The van der Waals surface area contributed by atoms with E-state index in [4.69, 9.17) is 0 Å². The molecule has 1 N–H and O–H groups in total. The van der Waals surface area contributed by atoms with Crippen LogP contribution in [0, 0.1) is 0 Å². The first-order valence-electron chi connectivity index (χ1n) is 13.3. The number of pyridine rings is 1. The van der Waals surface area contributed by atoms with E-state index >= 15 is 0 Å². The molecule has 220 valence electrons. The highest BCUT2D eigenvalue weighted by molar-refractivity contribution is 5.98. The van der Waals surface area contributed by atoms with Gasteiger partial charge in [0.1, 0.15) is 5.69 Å². The fourth-order valence-electron chi connectivity index (χ4n) is 5.72. The van der Waals surface area contributed by atoms with Gasteiger partial charge in [0, 0.05) is 56.3 Å². The highest BCUT2D eigenvalue weighted by Crippen LogP contribution is 2.42. The second kappa shape index (κ2) is 12.2. The Morgan fingerprint density at radius 2 is 2.00 bits per heavy atom. The number of fused-ring (bicyclic) bond motifs is 2. The lowest BCUT2D eigenvalue weighted by atomic mass is 9.91. The average molecular weight is 601 g/mol. The summed E-state index contributed by atoms with van der Waals surface area (Å²) in [6.45, 7) is 10.3. The van der Waals surface area contributed by atoms with Gasteiger partial charge in [0.2, 0.25) is 5.91 Å². The molecule has 2 aromatic heterocycles. The number of alkyl halides is 2. The molecule has 0 unspecified atom stereocenters. The molecule has 2 amide bonds. The van der Waals surface area contributed by atoms with Crippen LogP contribution in [-0.4, -0.2) is 81.6 Å². The molecule has 5 rings (SSSR count). The van der Waals surface area contributed by atoms with Crippen molar-refractivity contribution in [1.82, 2.24) is 30.3 Å². The third kappa shape index (κ3) is 6.07. The number of rotatable bonds is 7. The second-order valence-electron chi connectivity index (χ2n) is 11.4. The molecular weight excluding hydrogens is 563 g/mol. The smallest absolute Gasteiger partial charge is 0.291 e. The number of aromatic nitrogens is 3. The molecule has 5 heterocycles. The average Bonchev–Trinajstić information content (AvgIpc) is 3.33. The Labute approximate surface area is 245 Å². The van der Waals surface area contributed by atoms with E-state index in [1.54, 1.807) is 35.1 Å². The van der Waals surface area contributed by atoms with Crippen molar-refractivity contribution >= 4 is 42.3 Å². The zero-order chi connectivity index (χ0) is 27.2. The second-order valence-corrected chi connectivity index (χ2v) is 11.4. The summed E-state index contributed by atoms with van der Waals surface area (Å²) in [5.41, 5.74) is 1.46. The van der Waals surface area contributed by atoms with Gasteiger partial charge in [0.25, 0.3) is 11.8 Å². The Kier molecular flexibility index (Phi) is 9.76. The molecule has 1 saturated heterocycles. The van der Waals surface area contributed by atoms with Crippen molar-refractivity contribution in [1.29, 1.82) is 0 Å². The lowest BCUT2D eigenvalue weighted by Crippen LogP contribution is -2.60. The maximum Gasteiger partial charge on any atom is 0.291 e. The molecule has 2 aromatic rings. The van der Waals surface area contributed by atoms with E-state index in [-0.39, 0.29) is 61.7 Å². The minimum absolute atomic E-state index is 0. The van der Waals surface area contributed by atoms with Crippen LogP contribution in [0.5, 0.6) is 0 Å². The summed E-state index contributed by atoms with van der Waals surface area (Å²) in [6.07, 6.45) is 1.67. The van der Waals surface area contributed by atoms with E-state index in [1.165, 1.54) is 6.07 Å². The zero-order valence-corrected chi connectivity index (χ0v) is 24.8. The molecule has 0 aliphatic carbocycles. The molecule has 3 aliphatic rings. The maximum absolute atomic E-state index is 14.7. The van der Waals surface area contributed by atoms with Crippen molar-refractivity contribution in [2.24, 2.45) is 0 Å². The summed E-state index contributed by atoms with van der Waals surface area (Å²) in [4.78, 5) is 36.5. The summed E-state index contributed by atoms with van der Waals surface area (Å²) in [5.74, 6) is -3.33. The lowest BCUT2D eigenvalue weighted by molar-refractivity contribution is -0.120. The van der Waals surface area contributed by atoms with E-state index < -0.39 is 17.0 Å². The molecular formula is C27H37Cl2F2N7O2. The molecule has 1 fully saturated rings. The minimum atomic E-state index is -3.11. The van der Waals surface area contributed by atoms with Gasteiger partial charge < -0.3 is 15.1 Å². The molecule has 3 aliphatic heterocycles. The highest BCUT2D eigenvalue weighted by atomic mass is 35.5. The Morgan fingerprint density at radius 1 is 1.25 bits per heavy atom. The van der Waals surface area contributed by atoms with Gasteiger partial charge in [0.15, 0.2) is 0 Å². The van der Waals surface area contributed by atoms with Crippen LogP contribution in [-0.2, 0) is 22.7 Å². The van der Waals surface area contributed by atoms with Crippen molar-refractivity contribution < 1.29 is 18.4 Å². The monoisotopic (exact) mass is 599 g/mol. The Morgan fingerprint density at radius 3 is 2.70 bits per heavy atom. The van der Waals surface area contributed by atoms with E-state index in [2.05, 4.69) is 32.3 Å². The van der Waals surface area contributed by atoms with Crippen LogP contribution in [0.3, 0.4) is 0 Å². The number of carbonyl (C=O) groups is 2. The summed E-state index contributed by atoms with van der Waals surface area (Å²) in [6, 6.07) is 4.98. The van der Waals surface area contributed by atoms with Crippen LogP contribution >= 0.6 is 24.8 Å². The van der Waals surface area contributed by atoms with Gasteiger partial charge >= 0.3 is 0 Å². The predicted molar refractivity (Wildman–Crippen MR) is 153 cm³/mol. The predicted octanol–water partition coefficient (Wildman–Crippen LogP) is 3.55. The number of nitrogens with one attached hydrogen (secondary N) is 1. The van der Waals surface area contributed by atoms with Crippen LogP contribution in [0.2, 0.25) is 0 Å². The van der Waals surface area contributed by atoms with Crippen LogP contribution in [0.25, 0.3) is 0 Å². The quantitative estimate of drug-likeness (QED) is 0.520. The number of nitrogens with zero attached hydrogens (tertiary/aromatic N) is 6. The lowest BCUT2D eigenvalue weighted by Gasteiger charge is -2.41. The minimum Gasteiger partial charge on any atom is -0.331 e. The fraction of sp³-hybridized carbons (Fsp3) is 0.593. The van der Waals surface area contributed by atoms with Crippen molar-refractivity contribution in [3.63, 3.8) is 0 Å². The van der Waals surface area contributed by atoms with E-state index in [0.29, 0.717) is 56.1 Å². The van der Waals surface area contributed by atoms with Gasteiger partial charge in [0.05, 0.1) is 35.7 Å². The van der Waals surface area contributed by atoms with Gasteiger partial charge in [-0.1, -0.05) is 27.2 Å². The normalized spacial score (nSPS) is 21.9. The van der Waals surface area contributed by atoms with Crippen molar-refractivity contribution in [3.8, 4) is 0 Å². The third-order valence-corrected chi connectivity index (χ3v) is 7.74. The number of hydrogen-bond acceptors (Lipinski definition) is 7. The Balaban J connectivity index is 0.00000220. The summed E-state index contributed by atoms with van der Waals surface area (Å²) < 4.78 is 29.4. The number of carbonyl (C=O) groups excluding carboxylic acids is 2.